The van der Waals surface area contributed by atoms with Crippen molar-refractivity contribution in [2.75, 3.05) is 14.2 Å². The van der Waals surface area contributed by atoms with Crippen LogP contribution in [0.3, 0.4) is 0 Å². The summed E-state index contributed by atoms with van der Waals surface area (Å²) in [6.45, 7) is 0. The minimum atomic E-state index is -0.492. The van der Waals surface area contributed by atoms with Gasteiger partial charge in [0.15, 0.2) is 17.3 Å². The highest BCUT2D eigenvalue weighted by Gasteiger charge is 2.20. The SMILES string of the molecule is COc1ccc(C(=O)c2ccc(-c3ccccc3[N+](=O)[O-])o2)cc1OC. The summed E-state index contributed by atoms with van der Waals surface area (Å²) in [5.41, 5.74) is 0.571. The number of nitro groups is 1. The Morgan fingerprint density at radius 2 is 1.73 bits per heavy atom. The fraction of sp³-hybridized carbons (Fsp3) is 0.105. The Kier molecular flexibility index (Phi) is 4.70. The first-order valence-corrected chi connectivity index (χ1v) is 7.65. The lowest BCUT2D eigenvalue weighted by Crippen LogP contribution is -2.01. The molecule has 0 spiro atoms. The van der Waals surface area contributed by atoms with E-state index < -0.39 is 4.92 Å². The van der Waals surface area contributed by atoms with Gasteiger partial charge in [0.2, 0.25) is 5.78 Å². The van der Waals surface area contributed by atoms with Gasteiger partial charge in [0.25, 0.3) is 5.69 Å². The van der Waals surface area contributed by atoms with Crippen LogP contribution in [0, 0.1) is 10.1 Å². The Morgan fingerprint density at radius 1 is 1.00 bits per heavy atom. The first-order valence-electron chi connectivity index (χ1n) is 7.65. The molecule has 1 heterocycles. The van der Waals surface area contributed by atoms with Crippen molar-refractivity contribution < 1.29 is 23.6 Å². The van der Waals surface area contributed by atoms with Gasteiger partial charge in [-0.25, -0.2) is 0 Å². The maximum absolute atomic E-state index is 12.7. The van der Waals surface area contributed by atoms with E-state index in [1.807, 2.05) is 0 Å². The number of nitro benzene ring substituents is 1. The second kappa shape index (κ2) is 7.10. The summed E-state index contributed by atoms with van der Waals surface area (Å²) in [5.74, 6) is 0.884. The van der Waals surface area contributed by atoms with Crippen molar-refractivity contribution in [1.82, 2.24) is 0 Å². The summed E-state index contributed by atoms with van der Waals surface area (Å²) in [5, 5.41) is 11.2. The van der Waals surface area contributed by atoms with Crippen LogP contribution in [0.4, 0.5) is 5.69 Å². The van der Waals surface area contributed by atoms with E-state index in [0.29, 0.717) is 22.6 Å². The number of ether oxygens (including phenoxy) is 2. The minimum Gasteiger partial charge on any atom is -0.493 e. The van der Waals surface area contributed by atoms with Gasteiger partial charge in [0.1, 0.15) is 5.76 Å². The molecule has 132 valence electrons. The molecule has 7 heteroatoms. The smallest absolute Gasteiger partial charge is 0.280 e. The Morgan fingerprint density at radius 3 is 2.42 bits per heavy atom. The molecule has 0 saturated heterocycles. The van der Waals surface area contributed by atoms with E-state index in [9.17, 15) is 14.9 Å². The number of para-hydroxylation sites is 1. The quantitative estimate of drug-likeness (QED) is 0.376. The average molecular weight is 353 g/mol. The highest BCUT2D eigenvalue weighted by atomic mass is 16.6. The van der Waals surface area contributed by atoms with Crippen LogP contribution >= 0.6 is 0 Å². The van der Waals surface area contributed by atoms with E-state index in [0.717, 1.165) is 0 Å². The summed E-state index contributed by atoms with van der Waals surface area (Å²) >= 11 is 0. The maximum Gasteiger partial charge on any atom is 0.280 e. The molecular weight excluding hydrogens is 338 g/mol. The van der Waals surface area contributed by atoms with Gasteiger partial charge in [-0.05, 0) is 36.4 Å². The van der Waals surface area contributed by atoms with Gasteiger partial charge in [-0.15, -0.1) is 0 Å². The Hall–Kier alpha value is -3.61. The van der Waals surface area contributed by atoms with Crippen LogP contribution < -0.4 is 9.47 Å². The fourth-order valence-corrected chi connectivity index (χ4v) is 2.57. The predicted octanol–water partition coefficient (Wildman–Crippen LogP) is 4.10. The zero-order chi connectivity index (χ0) is 18.7. The predicted molar refractivity (Wildman–Crippen MR) is 93.8 cm³/mol. The van der Waals surface area contributed by atoms with E-state index in [1.54, 1.807) is 36.4 Å². The molecule has 7 nitrogen and oxygen atoms in total. The highest BCUT2D eigenvalue weighted by Crippen LogP contribution is 2.32. The molecule has 1 aromatic heterocycles. The van der Waals surface area contributed by atoms with E-state index in [4.69, 9.17) is 13.9 Å². The molecule has 2 aromatic carbocycles. The standard InChI is InChI=1S/C19H15NO6/c1-24-16-8-7-12(11-18(16)25-2)19(21)17-10-9-15(26-17)13-5-3-4-6-14(13)20(22)23/h3-11H,1-2H3. The molecule has 0 unspecified atom stereocenters. The molecule has 0 fully saturated rings. The number of carbonyl (C=O) groups excluding carboxylic acids is 1. The van der Waals surface area contributed by atoms with Gasteiger partial charge >= 0.3 is 0 Å². The molecule has 0 aliphatic heterocycles. The van der Waals surface area contributed by atoms with Crippen LogP contribution in [0.5, 0.6) is 11.5 Å². The molecule has 0 amide bonds. The molecule has 0 bridgehead atoms. The number of furan rings is 1. The first kappa shape index (κ1) is 17.2. The van der Waals surface area contributed by atoms with Crippen LogP contribution in [0.2, 0.25) is 0 Å². The first-order chi connectivity index (χ1) is 12.5. The molecule has 3 rings (SSSR count). The summed E-state index contributed by atoms with van der Waals surface area (Å²) in [6, 6.07) is 14.0. The van der Waals surface area contributed by atoms with Gasteiger partial charge in [-0.2, -0.15) is 0 Å². The summed E-state index contributed by atoms with van der Waals surface area (Å²) < 4.78 is 15.9. The molecular formula is C19H15NO6. The van der Waals surface area contributed by atoms with E-state index in [1.165, 1.54) is 32.4 Å². The summed E-state index contributed by atoms with van der Waals surface area (Å²) in [7, 11) is 2.98. The topological polar surface area (TPSA) is 91.8 Å². The highest BCUT2D eigenvalue weighted by molar-refractivity contribution is 6.07. The van der Waals surface area contributed by atoms with Crippen LogP contribution in [-0.2, 0) is 0 Å². The van der Waals surface area contributed by atoms with E-state index in [2.05, 4.69) is 0 Å². The number of hydrogen-bond acceptors (Lipinski definition) is 6. The largest absolute Gasteiger partial charge is 0.493 e. The molecule has 0 saturated carbocycles. The van der Waals surface area contributed by atoms with E-state index in [-0.39, 0.29) is 23.0 Å². The van der Waals surface area contributed by atoms with Crippen molar-refractivity contribution in [2.45, 2.75) is 0 Å². The van der Waals surface area contributed by atoms with Gasteiger partial charge in [0.05, 0.1) is 24.7 Å². The monoisotopic (exact) mass is 353 g/mol. The third-order valence-corrected chi connectivity index (χ3v) is 3.84. The minimum absolute atomic E-state index is 0.0744. The van der Waals surface area contributed by atoms with Crippen molar-refractivity contribution in [2.24, 2.45) is 0 Å². The normalized spacial score (nSPS) is 10.4. The summed E-state index contributed by atoms with van der Waals surface area (Å²) in [6.07, 6.45) is 0. The number of ketones is 1. The molecule has 0 N–H and O–H groups in total. The lowest BCUT2D eigenvalue weighted by molar-refractivity contribution is -0.384. The Labute approximate surface area is 148 Å². The van der Waals surface area contributed by atoms with Crippen molar-refractivity contribution in [1.29, 1.82) is 0 Å². The van der Waals surface area contributed by atoms with Crippen molar-refractivity contribution >= 4 is 11.5 Å². The molecule has 0 aliphatic rings. The van der Waals surface area contributed by atoms with Crippen molar-refractivity contribution in [3.05, 3.63) is 76.0 Å². The third-order valence-electron chi connectivity index (χ3n) is 3.84. The van der Waals surface area contributed by atoms with Crippen molar-refractivity contribution in [3.63, 3.8) is 0 Å². The summed E-state index contributed by atoms with van der Waals surface area (Å²) in [4.78, 5) is 23.3. The van der Waals surface area contributed by atoms with Crippen molar-refractivity contribution in [3.8, 4) is 22.8 Å². The Bertz CT molecular complexity index is 976. The van der Waals surface area contributed by atoms with Crippen LogP contribution in [0.25, 0.3) is 11.3 Å². The number of benzene rings is 2. The molecule has 3 aromatic rings. The van der Waals surface area contributed by atoms with Gasteiger partial charge in [0, 0.05) is 11.6 Å². The van der Waals surface area contributed by atoms with Gasteiger partial charge in [-0.1, -0.05) is 12.1 Å². The number of methoxy groups -OCH3 is 2. The van der Waals surface area contributed by atoms with E-state index >= 15 is 0 Å². The maximum atomic E-state index is 12.7. The molecule has 0 aliphatic carbocycles. The number of hydrogen-bond donors (Lipinski definition) is 0. The fourth-order valence-electron chi connectivity index (χ4n) is 2.57. The lowest BCUT2D eigenvalue weighted by atomic mass is 10.1. The lowest BCUT2D eigenvalue weighted by Gasteiger charge is -2.08. The second-order valence-corrected chi connectivity index (χ2v) is 5.34. The zero-order valence-electron chi connectivity index (χ0n) is 14.1. The van der Waals surface area contributed by atoms with Crippen LogP contribution in [-0.4, -0.2) is 24.9 Å². The zero-order valence-corrected chi connectivity index (χ0v) is 14.1. The number of carbonyl (C=O) groups is 1. The molecule has 0 atom stereocenters. The van der Waals surface area contributed by atoms with Gasteiger partial charge in [-0.3, -0.25) is 14.9 Å². The molecule has 26 heavy (non-hydrogen) atoms. The molecule has 0 radical (unpaired) electrons. The van der Waals surface area contributed by atoms with Crippen LogP contribution in [0.15, 0.2) is 59.0 Å². The van der Waals surface area contributed by atoms with Gasteiger partial charge < -0.3 is 13.9 Å². The van der Waals surface area contributed by atoms with Crippen LogP contribution in [0.1, 0.15) is 16.1 Å². The third kappa shape index (κ3) is 3.14. The Balaban J connectivity index is 1.96. The average Bonchev–Trinajstić information content (AvgIpc) is 3.16. The number of nitrogens with zero attached hydrogens (tertiary/aromatic N) is 1. The number of rotatable bonds is 6. The second-order valence-electron chi connectivity index (χ2n) is 5.34.